The van der Waals surface area contributed by atoms with E-state index in [0.29, 0.717) is 5.92 Å². The quantitative estimate of drug-likeness (QED) is 0.407. The van der Waals surface area contributed by atoms with Gasteiger partial charge in [0.15, 0.2) is 0 Å². The average molecular weight is 97.2 g/mol. The van der Waals surface area contributed by atoms with E-state index >= 15 is 0 Å². The minimum Gasteiger partial charge on any atom is -0.0883 e. The highest BCUT2D eigenvalue weighted by Crippen LogP contribution is 2.14. The van der Waals surface area contributed by atoms with Gasteiger partial charge in [-0.25, -0.2) is 0 Å². The van der Waals surface area contributed by atoms with Gasteiger partial charge < -0.3 is 0 Å². The molecule has 40 valence electrons. The lowest BCUT2D eigenvalue weighted by Crippen LogP contribution is -1.92. The zero-order chi connectivity index (χ0) is 5.98. The van der Waals surface area contributed by atoms with Gasteiger partial charge in [-0.15, -0.1) is 0 Å². The molecule has 0 radical (unpaired) electrons. The van der Waals surface area contributed by atoms with Crippen LogP contribution in [0.25, 0.3) is 0 Å². The molecule has 0 spiro atoms. The van der Waals surface area contributed by atoms with Gasteiger partial charge in [-0.3, -0.25) is 0 Å². The zero-order valence-corrected chi connectivity index (χ0v) is 4.72. The van der Waals surface area contributed by atoms with E-state index in [2.05, 4.69) is 19.1 Å². The van der Waals surface area contributed by atoms with Crippen molar-refractivity contribution in [1.82, 2.24) is 0 Å². The lowest BCUT2D eigenvalue weighted by molar-refractivity contribution is 0.584. The minimum atomic E-state index is 0.167. The smallest absolute Gasteiger partial charge is 0.0273 e. The molecule has 0 heteroatoms. The molecule has 0 heterocycles. The molecule has 1 rings (SSSR count). The third-order valence-corrected chi connectivity index (χ3v) is 1.31. The van der Waals surface area contributed by atoms with E-state index in [1.54, 1.807) is 0 Å². The second kappa shape index (κ2) is 2.15. The summed E-state index contributed by atoms with van der Waals surface area (Å²) in [4.78, 5) is 0. The molecule has 0 aromatic carbocycles. The molecule has 0 N–H and O–H groups in total. The van der Waals surface area contributed by atoms with Gasteiger partial charge in [-0.05, 0) is 25.2 Å². The lowest BCUT2D eigenvalue weighted by atomic mass is 9.98. The first-order chi connectivity index (χ1) is 3.80. The fraction of sp³-hybridized carbons (Fsp3) is 0.714. The van der Waals surface area contributed by atoms with Crippen LogP contribution in [-0.2, 0) is 0 Å². The first-order valence-corrected chi connectivity index (χ1v) is 2.89. The summed E-state index contributed by atoms with van der Waals surface area (Å²) < 4.78 is 7.43. The summed E-state index contributed by atoms with van der Waals surface area (Å²) in [5, 5.41) is 0. The normalized spacial score (nSPS) is 43.3. The summed E-state index contributed by atoms with van der Waals surface area (Å²) in [6.07, 6.45) is 6.65. The van der Waals surface area contributed by atoms with Crippen LogP contribution in [-0.4, -0.2) is 0 Å². The Morgan fingerprint density at radius 2 is 2.71 bits per heavy atom. The summed E-state index contributed by atoms with van der Waals surface area (Å²) in [5.74, 6) is 0.490. The summed E-state index contributed by atoms with van der Waals surface area (Å²) in [7, 11) is 0. The molecular formula is C7H12. The van der Waals surface area contributed by atoms with Gasteiger partial charge in [-0.1, -0.05) is 19.1 Å². The molecule has 1 aliphatic carbocycles. The van der Waals surface area contributed by atoms with Crippen LogP contribution in [0.4, 0.5) is 0 Å². The molecule has 0 aromatic heterocycles. The maximum Gasteiger partial charge on any atom is 0.0273 e. The predicted molar refractivity (Wildman–Crippen MR) is 32.2 cm³/mol. The Hall–Kier alpha value is -0.260. The number of allylic oxidation sites excluding steroid dienone is 2. The Bertz CT molecular complexity index is 96.6. The van der Waals surface area contributed by atoms with Gasteiger partial charge in [0, 0.05) is 1.37 Å². The van der Waals surface area contributed by atoms with Crippen molar-refractivity contribution in [3.8, 4) is 0 Å². The highest BCUT2D eigenvalue weighted by atomic mass is 14.0. The third kappa shape index (κ3) is 1.34. The van der Waals surface area contributed by atoms with E-state index in [0.717, 1.165) is 12.8 Å². The van der Waals surface area contributed by atoms with Crippen molar-refractivity contribution in [3.63, 3.8) is 0 Å². The molecule has 0 amide bonds. The maximum atomic E-state index is 7.43. The van der Waals surface area contributed by atoms with Crippen LogP contribution in [0.1, 0.15) is 27.5 Å². The molecule has 0 saturated carbocycles. The van der Waals surface area contributed by atoms with Crippen molar-refractivity contribution in [2.24, 2.45) is 5.92 Å². The highest BCUT2D eigenvalue weighted by molar-refractivity contribution is 4.90. The zero-order valence-electron chi connectivity index (χ0n) is 5.72. The summed E-state index contributed by atoms with van der Waals surface area (Å²) in [5.41, 5.74) is 0. The van der Waals surface area contributed by atoms with Crippen molar-refractivity contribution in [3.05, 3.63) is 12.2 Å². The van der Waals surface area contributed by atoms with Crippen LogP contribution in [0.15, 0.2) is 12.2 Å². The first-order valence-electron chi connectivity index (χ1n) is 3.47. The molecular weight excluding hydrogens is 84.1 g/mol. The second-order valence-corrected chi connectivity index (χ2v) is 2.10. The Kier molecular flexibility index (Phi) is 1.14. The van der Waals surface area contributed by atoms with E-state index in [-0.39, 0.29) is 6.40 Å². The number of hydrogen-bond donors (Lipinski definition) is 0. The van der Waals surface area contributed by atoms with Gasteiger partial charge in [0.1, 0.15) is 0 Å². The Balaban J connectivity index is 2.47. The molecule has 0 unspecified atom stereocenters. The summed E-state index contributed by atoms with van der Waals surface area (Å²) in [6, 6.07) is 0. The van der Waals surface area contributed by atoms with Gasteiger partial charge in [0.25, 0.3) is 0 Å². The van der Waals surface area contributed by atoms with E-state index in [1.807, 2.05) is 0 Å². The van der Waals surface area contributed by atoms with Gasteiger partial charge in [0.05, 0.1) is 0 Å². The molecule has 1 aliphatic rings. The Morgan fingerprint density at radius 3 is 3.14 bits per heavy atom. The molecule has 7 heavy (non-hydrogen) atoms. The van der Waals surface area contributed by atoms with Crippen molar-refractivity contribution < 1.29 is 1.37 Å². The second-order valence-electron chi connectivity index (χ2n) is 2.10. The Labute approximate surface area is 46.6 Å². The third-order valence-electron chi connectivity index (χ3n) is 1.31. The summed E-state index contributed by atoms with van der Waals surface area (Å²) >= 11 is 0. The predicted octanol–water partition coefficient (Wildman–Crippen LogP) is 2.36. The number of hydrogen-bond acceptors (Lipinski definition) is 0. The number of rotatable bonds is 0. The standard InChI is InChI=1S/C7H12/c1-7-5-3-2-4-6-7/h3,5,7H,2,4,6H2,1H3/t7-/m0/s1/i6D/t6-,7-. The SMILES string of the molecule is [2H][C@H]1CCC=C[C@@H]1C. The van der Waals surface area contributed by atoms with Gasteiger partial charge >= 0.3 is 0 Å². The first kappa shape index (κ1) is 3.71. The fourth-order valence-electron chi connectivity index (χ4n) is 0.845. The van der Waals surface area contributed by atoms with Crippen LogP contribution < -0.4 is 0 Å². The van der Waals surface area contributed by atoms with Crippen molar-refractivity contribution >= 4 is 0 Å². The fourth-order valence-corrected chi connectivity index (χ4v) is 0.845. The molecule has 0 bridgehead atoms. The van der Waals surface area contributed by atoms with E-state index < -0.39 is 0 Å². The molecule has 0 fully saturated rings. The summed E-state index contributed by atoms with van der Waals surface area (Å²) in [6.45, 7) is 2.10. The molecule has 0 nitrogen and oxygen atoms in total. The van der Waals surface area contributed by atoms with Crippen molar-refractivity contribution in [2.45, 2.75) is 26.2 Å². The van der Waals surface area contributed by atoms with Crippen LogP contribution in [0.5, 0.6) is 0 Å². The van der Waals surface area contributed by atoms with E-state index in [1.165, 1.54) is 0 Å². The van der Waals surface area contributed by atoms with Crippen LogP contribution in [0, 0.1) is 5.92 Å². The van der Waals surface area contributed by atoms with Gasteiger partial charge in [-0.2, -0.15) is 0 Å². The maximum absolute atomic E-state index is 7.43. The molecule has 0 saturated heterocycles. The molecule has 0 aromatic rings. The lowest BCUT2D eigenvalue weighted by Gasteiger charge is -2.08. The van der Waals surface area contributed by atoms with Crippen LogP contribution in [0.2, 0.25) is 0 Å². The van der Waals surface area contributed by atoms with Crippen molar-refractivity contribution in [1.29, 1.82) is 0 Å². The molecule has 2 atom stereocenters. The Morgan fingerprint density at radius 1 is 1.86 bits per heavy atom. The van der Waals surface area contributed by atoms with Crippen LogP contribution in [0.3, 0.4) is 0 Å². The monoisotopic (exact) mass is 97.1 g/mol. The van der Waals surface area contributed by atoms with E-state index in [9.17, 15) is 0 Å². The van der Waals surface area contributed by atoms with Crippen molar-refractivity contribution in [2.75, 3.05) is 0 Å². The highest BCUT2D eigenvalue weighted by Gasteiger charge is 1.98. The van der Waals surface area contributed by atoms with Crippen LogP contribution >= 0.6 is 0 Å². The average Bonchev–Trinajstić information content (AvgIpc) is 1.77. The minimum absolute atomic E-state index is 0.167. The largest absolute Gasteiger partial charge is 0.0883 e. The molecule has 0 aliphatic heterocycles. The van der Waals surface area contributed by atoms with E-state index in [4.69, 9.17) is 1.37 Å². The van der Waals surface area contributed by atoms with Gasteiger partial charge in [0.2, 0.25) is 0 Å². The topological polar surface area (TPSA) is 0 Å².